The van der Waals surface area contributed by atoms with Gasteiger partial charge in [0.05, 0.1) is 0 Å². The fourth-order valence-corrected chi connectivity index (χ4v) is 2.62. The second-order valence-electron chi connectivity index (χ2n) is 5.72. The minimum absolute atomic E-state index is 0.0886. The Bertz CT molecular complexity index is 688. The van der Waals surface area contributed by atoms with Crippen molar-refractivity contribution in [1.29, 1.82) is 0 Å². The third-order valence-electron chi connectivity index (χ3n) is 3.96. The molecule has 0 radical (unpaired) electrons. The maximum absolute atomic E-state index is 12.2. The van der Waals surface area contributed by atoms with Gasteiger partial charge < -0.3 is 19.7 Å². The highest BCUT2D eigenvalue weighted by molar-refractivity contribution is 5.94. The number of carbonyl (C=O) groups excluding carboxylic acids is 1. The number of benzene rings is 2. The van der Waals surface area contributed by atoms with Crippen molar-refractivity contribution in [2.75, 3.05) is 38.3 Å². The Morgan fingerprint density at radius 1 is 1.08 bits per heavy atom. The molecule has 2 aromatic rings. The number of rotatable bonds is 6. The van der Waals surface area contributed by atoms with E-state index in [0.29, 0.717) is 36.8 Å². The van der Waals surface area contributed by atoms with Crippen LogP contribution in [0.15, 0.2) is 48.5 Å². The van der Waals surface area contributed by atoms with E-state index >= 15 is 0 Å². The Morgan fingerprint density at radius 2 is 1.83 bits per heavy atom. The van der Waals surface area contributed by atoms with Gasteiger partial charge in [-0.2, -0.15) is 0 Å². The predicted molar refractivity (Wildman–Crippen MR) is 94.1 cm³/mol. The number of nitrogens with one attached hydrogen (secondary N) is 1. The highest BCUT2D eigenvalue weighted by atomic mass is 16.6. The first-order valence-corrected chi connectivity index (χ1v) is 8.18. The fourth-order valence-electron chi connectivity index (χ4n) is 2.62. The molecule has 3 rings (SSSR count). The van der Waals surface area contributed by atoms with Crippen LogP contribution in [0.25, 0.3) is 0 Å². The monoisotopic (exact) mass is 326 g/mol. The molecule has 2 aromatic carbocycles. The van der Waals surface area contributed by atoms with Gasteiger partial charge in [0.1, 0.15) is 13.2 Å². The van der Waals surface area contributed by atoms with Crippen LogP contribution in [-0.2, 0) is 0 Å². The van der Waals surface area contributed by atoms with Crippen molar-refractivity contribution in [1.82, 2.24) is 5.32 Å². The lowest BCUT2D eigenvalue weighted by molar-refractivity contribution is 0.0952. The molecule has 5 heteroatoms. The number of ether oxygens (including phenoxy) is 2. The normalized spacial score (nSPS) is 12.5. The summed E-state index contributed by atoms with van der Waals surface area (Å²) in [6.45, 7) is 2.58. The minimum Gasteiger partial charge on any atom is -0.486 e. The van der Waals surface area contributed by atoms with Crippen molar-refractivity contribution in [2.45, 2.75) is 6.42 Å². The van der Waals surface area contributed by atoms with Crippen molar-refractivity contribution >= 4 is 11.6 Å². The van der Waals surface area contributed by atoms with E-state index < -0.39 is 0 Å². The quantitative estimate of drug-likeness (QED) is 0.829. The highest BCUT2D eigenvalue weighted by Crippen LogP contribution is 2.30. The van der Waals surface area contributed by atoms with Crippen molar-refractivity contribution in [3.8, 4) is 11.5 Å². The van der Waals surface area contributed by atoms with Gasteiger partial charge in [0.2, 0.25) is 0 Å². The molecular weight excluding hydrogens is 304 g/mol. The van der Waals surface area contributed by atoms with Crippen LogP contribution in [0.1, 0.15) is 16.8 Å². The molecule has 0 atom stereocenters. The Kier molecular flexibility index (Phi) is 5.21. The SMILES string of the molecule is CN(CCCNC(=O)c1ccc2c(c1)OCCO2)c1ccccc1. The molecule has 0 aliphatic carbocycles. The third-order valence-corrected chi connectivity index (χ3v) is 3.96. The molecule has 0 spiro atoms. The van der Waals surface area contributed by atoms with Crippen LogP contribution in [0.4, 0.5) is 5.69 Å². The number of amides is 1. The van der Waals surface area contributed by atoms with Crippen LogP contribution in [0.3, 0.4) is 0 Å². The Labute approximate surface area is 142 Å². The molecule has 126 valence electrons. The number of carbonyl (C=O) groups is 1. The first kappa shape index (κ1) is 16.2. The van der Waals surface area contributed by atoms with Crippen LogP contribution in [0.2, 0.25) is 0 Å². The van der Waals surface area contributed by atoms with Crippen LogP contribution in [-0.4, -0.2) is 39.3 Å². The third kappa shape index (κ3) is 3.98. The molecule has 24 heavy (non-hydrogen) atoms. The zero-order valence-corrected chi connectivity index (χ0v) is 13.8. The lowest BCUT2D eigenvalue weighted by Gasteiger charge is -2.19. The van der Waals surface area contributed by atoms with E-state index in [9.17, 15) is 4.79 Å². The van der Waals surface area contributed by atoms with Crippen LogP contribution < -0.4 is 19.7 Å². The van der Waals surface area contributed by atoms with Crippen molar-refractivity contribution < 1.29 is 14.3 Å². The molecule has 5 nitrogen and oxygen atoms in total. The number of fused-ring (bicyclic) bond motifs is 1. The standard InChI is InChI=1S/C19H22N2O3/c1-21(16-6-3-2-4-7-16)11-5-10-20-19(22)15-8-9-17-18(14-15)24-13-12-23-17/h2-4,6-9,14H,5,10-13H2,1H3,(H,20,22). The van der Waals surface area contributed by atoms with Crippen LogP contribution in [0.5, 0.6) is 11.5 Å². The Morgan fingerprint density at radius 3 is 2.62 bits per heavy atom. The molecular formula is C19H22N2O3. The molecule has 0 aromatic heterocycles. The average molecular weight is 326 g/mol. The van der Waals surface area contributed by atoms with E-state index in [2.05, 4.69) is 29.4 Å². The van der Waals surface area contributed by atoms with E-state index in [-0.39, 0.29) is 5.91 Å². The second-order valence-corrected chi connectivity index (χ2v) is 5.72. The largest absolute Gasteiger partial charge is 0.486 e. The number of hydrogen-bond donors (Lipinski definition) is 1. The number of hydrogen-bond acceptors (Lipinski definition) is 4. The average Bonchev–Trinajstić information content (AvgIpc) is 2.65. The summed E-state index contributed by atoms with van der Waals surface area (Å²) < 4.78 is 11.0. The van der Waals surface area contributed by atoms with Gasteiger partial charge in [-0.1, -0.05) is 18.2 Å². The topological polar surface area (TPSA) is 50.8 Å². The van der Waals surface area contributed by atoms with Gasteiger partial charge in [-0.3, -0.25) is 4.79 Å². The molecule has 1 N–H and O–H groups in total. The summed E-state index contributed by atoms with van der Waals surface area (Å²) in [4.78, 5) is 14.4. The number of para-hydroxylation sites is 1. The van der Waals surface area contributed by atoms with E-state index in [1.54, 1.807) is 18.2 Å². The van der Waals surface area contributed by atoms with Gasteiger partial charge in [0.25, 0.3) is 5.91 Å². The van der Waals surface area contributed by atoms with E-state index in [1.165, 1.54) is 5.69 Å². The number of nitrogens with zero attached hydrogens (tertiary/aromatic N) is 1. The Hall–Kier alpha value is -2.69. The molecule has 0 unspecified atom stereocenters. The zero-order chi connectivity index (χ0) is 16.8. The predicted octanol–water partition coefficient (Wildman–Crippen LogP) is 2.71. The molecule has 1 aliphatic rings. The molecule has 0 fully saturated rings. The van der Waals surface area contributed by atoms with Gasteiger partial charge >= 0.3 is 0 Å². The van der Waals surface area contributed by atoms with Gasteiger partial charge in [0.15, 0.2) is 11.5 Å². The summed E-state index contributed by atoms with van der Waals surface area (Å²) in [5.41, 5.74) is 1.77. The first-order chi connectivity index (χ1) is 11.7. The summed E-state index contributed by atoms with van der Waals surface area (Å²) in [5.74, 6) is 1.24. The molecule has 1 aliphatic heterocycles. The molecule has 0 bridgehead atoms. The summed E-state index contributed by atoms with van der Waals surface area (Å²) in [6, 6.07) is 15.5. The van der Waals surface area contributed by atoms with Crippen molar-refractivity contribution in [3.63, 3.8) is 0 Å². The lowest BCUT2D eigenvalue weighted by Crippen LogP contribution is -2.28. The summed E-state index contributed by atoms with van der Waals surface area (Å²) >= 11 is 0. The van der Waals surface area contributed by atoms with Crippen LogP contribution >= 0.6 is 0 Å². The molecule has 0 saturated heterocycles. The van der Waals surface area contributed by atoms with Gasteiger partial charge in [-0.25, -0.2) is 0 Å². The maximum Gasteiger partial charge on any atom is 0.251 e. The summed E-state index contributed by atoms with van der Waals surface area (Å²) in [7, 11) is 2.05. The van der Waals surface area contributed by atoms with Crippen molar-refractivity contribution in [2.24, 2.45) is 0 Å². The highest BCUT2D eigenvalue weighted by Gasteiger charge is 2.14. The first-order valence-electron chi connectivity index (χ1n) is 8.18. The van der Waals surface area contributed by atoms with Crippen LogP contribution in [0, 0.1) is 0 Å². The van der Waals surface area contributed by atoms with Gasteiger partial charge in [-0.15, -0.1) is 0 Å². The van der Waals surface area contributed by atoms with Gasteiger partial charge in [0, 0.05) is 31.4 Å². The molecule has 1 heterocycles. The van der Waals surface area contributed by atoms with E-state index in [1.807, 2.05) is 18.2 Å². The minimum atomic E-state index is -0.0886. The lowest BCUT2D eigenvalue weighted by atomic mass is 10.2. The summed E-state index contributed by atoms with van der Waals surface area (Å²) in [6.07, 6.45) is 0.877. The molecule has 1 amide bonds. The smallest absolute Gasteiger partial charge is 0.251 e. The van der Waals surface area contributed by atoms with Crippen molar-refractivity contribution in [3.05, 3.63) is 54.1 Å². The zero-order valence-electron chi connectivity index (χ0n) is 13.8. The summed E-state index contributed by atoms with van der Waals surface area (Å²) in [5, 5.41) is 2.95. The second kappa shape index (κ2) is 7.73. The fraction of sp³-hybridized carbons (Fsp3) is 0.316. The van der Waals surface area contributed by atoms with E-state index in [0.717, 1.165) is 13.0 Å². The van der Waals surface area contributed by atoms with E-state index in [4.69, 9.17) is 9.47 Å². The number of anilines is 1. The Balaban J connectivity index is 1.46. The van der Waals surface area contributed by atoms with Gasteiger partial charge in [-0.05, 0) is 36.8 Å². The molecule has 0 saturated carbocycles. The maximum atomic E-state index is 12.2.